The van der Waals surface area contributed by atoms with Gasteiger partial charge in [-0.1, -0.05) is 18.2 Å². The number of rotatable bonds is 4. The number of furan rings is 1. The monoisotopic (exact) mass is 257 g/mol. The van der Waals surface area contributed by atoms with Gasteiger partial charge in [0.2, 0.25) is 0 Å². The first-order chi connectivity index (χ1) is 9.33. The molecule has 0 bridgehead atoms. The summed E-state index contributed by atoms with van der Waals surface area (Å²) in [6.07, 6.45) is 1.07. The van der Waals surface area contributed by atoms with Crippen molar-refractivity contribution < 1.29 is 9.15 Å². The van der Waals surface area contributed by atoms with E-state index in [-0.39, 0.29) is 0 Å². The topological polar surface area (TPSA) is 34.4 Å². The van der Waals surface area contributed by atoms with Gasteiger partial charge in [0.25, 0.3) is 0 Å². The first-order valence-electron chi connectivity index (χ1n) is 6.80. The van der Waals surface area contributed by atoms with Crippen LogP contribution in [0.5, 0.6) is 5.75 Å². The molecular formula is C16H19NO2. The molecule has 0 aliphatic carbocycles. The van der Waals surface area contributed by atoms with Crippen molar-refractivity contribution in [2.24, 2.45) is 0 Å². The van der Waals surface area contributed by atoms with Crippen molar-refractivity contribution in [2.75, 3.05) is 13.2 Å². The van der Waals surface area contributed by atoms with Crippen molar-refractivity contribution >= 4 is 0 Å². The summed E-state index contributed by atoms with van der Waals surface area (Å²) < 4.78 is 11.2. The number of hydrogen-bond donors (Lipinski definition) is 1. The van der Waals surface area contributed by atoms with E-state index >= 15 is 0 Å². The molecule has 3 heteroatoms. The molecule has 1 aliphatic heterocycles. The number of benzene rings is 1. The predicted octanol–water partition coefficient (Wildman–Crippen LogP) is 3.24. The van der Waals surface area contributed by atoms with Crippen LogP contribution in [0.3, 0.4) is 0 Å². The molecule has 1 unspecified atom stereocenters. The van der Waals surface area contributed by atoms with Crippen LogP contribution in [0.15, 0.2) is 40.8 Å². The summed E-state index contributed by atoms with van der Waals surface area (Å²) in [5, 5.41) is 3.48. The Balaban J connectivity index is 1.59. The molecule has 0 saturated carbocycles. The zero-order valence-electron chi connectivity index (χ0n) is 11.2. The van der Waals surface area contributed by atoms with E-state index in [1.165, 1.54) is 5.56 Å². The number of aryl methyl sites for hydroxylation is 1. The van der Waals surface area contributed by atoms with Crippen LogP contribution in [-0.2, 0) is 6.54 Å². The van der Waals surface area contributed by atoms with Gasteiger partial charge in [-0.2, -0.15) is 0 Å². The van der Waals surface area contributed by atoms with Crippen LogP contribution in [0.1, 0.15) is 29.4 Å². The molecule has 0 fully saturated rings. The van der Waals surface area contributed by atoms with Gasteiger partial charge < -0.3 is 14.5 Å². The Morgan fingerprint density at radius 1 is 1.21 bits per heavy atom. The minimum atomic E-state index is 0.529. The van der Waals surface area contributed by atoms with Gasteiger partial charge in [-0.15, -0.1) is 0 Å². The van der Waals surface area contributed by atoms with E-state index in [2.05, 4.69) is 23.5 Å². The predicted molar refractivity (Wildman–Crippen MR) is 74.4 cm³/mol. The fraction of sp³-hybridized carbons (Fsp3) is 0.375. The molecular weight excluding hydrogens is 238 g/mol. The van der Waals surface area contributed by atoms with Crippen LogP contribution in [0.4, 0.5) is 0 Å². The van der Waals surface area contributed by atoms with Crippen LogP contribution in [0, 0.1) is 6.92 Å². The molecule has 3 nitrogen and oxygen atoms in total. The SMILES string of the molecule is Cc1ccc(CNCC2CCOc3ccccc32)o1. The Labute approximate surface area is 113 Å². The molecule has 1 aromatic heterocycles. The fourth-order valence-electron chi connectivity index (χ4n) is 2.58. The lowest BCUT2D eigenvalue weighted by atomic mass is 9.93. The Kier molecular flexibility index (Phi) is 3.56. The number of fused-ring (bicyclic) bond motifs is 1. The van der Waals surface area contributed by atoms with Crippen molar-refractivity contribution in [3.8, 4) is 5.75 Å². The highest BCUT2D eigenvalue weighted by atomic mass is 16.5. The van der Waals surface area contributed by atoms with Crippen LogP contribution < -0.4 is 10.1 Å². The minimum absolute atomic E-state index is 0.529. The molecule has 3 rings (SSSR count). The fourth-order valence-corrected chi connectivity index (χ4v) is 2.58. The van der Waals surface area contributed by atoms with Gasteiger partial charge in [-0.3, -0.25) is 0 Å². The molecule has 1 atom stereocenters. The normalized spacial score (nSPS) is 17.8. The zero-order valence-corrected chi connectivity index (χ0v) is 11.2. The molecule has 19 heavy (non-hydrogen) atoms. The third-order valence-corrected chi connectivity index (χ3v) is 3.57. The lowest BCUT2D eigenvalue weighted by molar-refractivity contribution is 0.264. The van der Waals surface area contributed by atoms with E-state index in [1.807, 2.05) is 25.1 Å². The summed E-state index contributed by atoms with van der Waals surface area (Å²) in [4.78, 5) is 0. The Hall–Kier alpha value is -1.74. The highest BCUT2D eigenvalue weighted by molar-refractivity contribution is 5.37. The van der Waals surface area contributed by atoms with Gasteiger partial charge in [-0.05, 0) is 37.1 Å². The molecule has 1 aliphatic rings. The van der Waals surface area contributed by atoms with Crippen LogP contribution in [0.25, 0.3) is 0 Å². The van der Waals surface area contributed by atoms with Gasteiger partial charge in [-0.25, -0.2) is 0 Å². The van der Waals surface area contributed by atoms with Crippen LogP contribution in [0.2, 0.25) is 0 Å². The lowest BCUT2D eigenvalue weighted by Gasteiger charge is -2.25. The van der Waals surface area contributed by atoms with Crippen molar-refractivity contribution in [3.05, 3.63) is 53.5 Å². The quantitative estimate of drug-likeness (QED) is 0.913. The molecule has 0 saturated heterocycles. The van der Waals surface area contributed by atoms with Crippen LogP contribution >= 0.6 is 0 Å². The molecule has 1 aromatic carbocycles. The molecule has 0 spiro atoms. The molecule has 2 heterocycles. The number of ether oxygens (including phenoxy) is 1. The molecule has 2 aromatic rings. The van der Waals surface area contributed by atoms with Gasteiger partial charge in [0.15, 0.2) is 0 Å². The first-order valence-corrected chi connectivity index (χ1v) is 6.80. The second-order valence-electron chi connectivity index (χ2n) is 5.02. The summed E-state index contributed by atoms with van der Waals surface area (Å²) in [5.74, 6) is 3.53. The van der Waals surface area contributed by atoms with E-state index < -0.39 is 0 Å². The zero-order chi connectivity index (χ0) is 13.1. The summed E-state index contributed by atoms with van der Waals surface area (Å²) in [6, 6.07) is 12.4. The molecule has 0 radical (unpaired) electrons. The van der Waals surface area contributed by atoms with Crippen LogP contribution in [-0.4, -0.2) is 13.2 Å². The summed E-state index contributed by atoms with van der Waals surface area (Å²) in [6.45, 7) is 4.52. The highest BCUT2D eigenvalue weighted by Gasteiger charge is 2.20. The maximum absolute atomic E-state index is 5.68. The average Bonchev–Trinajstić information content (AvgIpc) is 2.85. The Morgan fingerprint density at radius 2 is 2.11 bits per heavy atom. The maximum Gasteiger partial charge on any atom is 0.122 e. The minimum Gasteiger partial charge on any atom is -0.493 e. The smallest absolute Gasteiger partial charge is 0.122 e. The highest BCUT2D eigenvalue weighted by Crippen LogP contribution is 2.32. The van der Waals surface area contributed by atoms with Crippen molar-refractivity contribution in [3.63, 3.8) is 0 Å². The van der Waals surface area contributed by atoms with Gasteiger partial charge >= 0.3 is 0 Å². The first kappa shape index (κ1) is 12.3. The summed E-state index contributed by atoms with van der Waals surface area (Å²) in [7, 11) is 0. The standard InChI is InChI=1S/C16H19NO2/c1-12-6-7-14(19-12)11-17-10-13-8-9-18-16-5-3-2-4-15(13)16/h2-7,13,17H,8-11H2,1H3. The number of para-hydroxylation sites is 1. The van der Waals surface area contributed by atoms with E-state index in [1.54, 1.807) is 0 Å². The Morgan fingerprint density at radius 3 is 2.95 bits per heavy atom. The third kappa shape index (κ3) is 2.82. The van der Waals surface area contributed by atoms with Crippen molar-refractivity contribution in [1.82, 2.24) is 5.32 Å². The van der Waals surface area contributed by atoms with Crippen molar-refractivity contribution in [2.45, 2.75) is 25.8 Å². The Bertz CT molecular complexity index is 547. The summed E-state index contributed by atoms with van der Waals surface area (Å²) >= 11 is 0. The average molecular weight is 257 g/mol. The maximum atomic E-state index is 5.68. The van der Waals surface area contributed by atoms with E-state index in [9.17, 15) is 0 Å². The second kappa shape index (κ2) is 5.49. The van der Waals surface area contributed by atoms with Gasteiger partial charge in [0.05, 0.1) is 13.2 Å². The van der Waals surface area contributed by atoms with E-state index in [0.29, 0.717) is 5.92 Å². The van der Waals surface area contributed by atoms with Gasteiger partial charge in [0, 0.05) is 12.5 Å². The van der Waals surface area contributed by atoms with Gasteiger partial charge in [0.1, 0.15) is 17.3 Å². The summed E-state index contributed by atoms with van der Waals surface area (Å²) in [5.41, 5.74) is 1.32. The van der Waals surface area contributed by atoms with E-state index in [0.717, 1.165) is 43.4 Å². The number of nitrogens with one attached hydrogen (secondary N) is 1. The number of hydrogen-bond acceptors (Lipinski definition) is 3. The molecule has 100 valence electrons. The van der Waals surface area contributed by atoms with E-state index in [4.69, 9.17) is 9.15 Å². The molecule has 1 N–H and O–H groups in total. The van der Waals surface area contributed by atoms with Crippen molar-refractivity contribution in [1.29, 1.82) is 0 Å². The third-order valence-electron chi connectivity index (χ3n) is 3.57. The second-order valence-corrected chi connectivity index (χ2v) is 5.02. The largest absolute Gasteiger partial charge is 0.493 e. The lowest BCUT2D eigenvalue weighted by Crippen LogP contribution is -2.25. The molecule has 0 amide bonds.